The molecular weight excluding hydrogens is 332 g/mol. The average molecular weight is 349 g/mol. The smallest absolute Gasteiger partial charge is 0.270 e. The lowest BCUT2D eigenvalue weighted by Crippen LogP contribution is -2.47. The number of aromatic nitrogens is 2. The van der Waals surface area contributed by atoms with Crippen molar-refractivity contribution in [1.82, 2.24) is 19.6 Å². The van der Waals surface area contributed by atoms with Crippen LogP contribution in [0.4, 0.5) is 0 Å². The quantitative estimate of drug-likeness (QED) is 0.901. The number of nitrogens with one attached hydrogen (secondary N) is 1. The van der Waals surface area contributed by atoms with Gasteiger partial charge in [-0.3, -0.25) is 9.20 Å². The number of rotatable bonds is 2. The first-order chi connectivity index (χ1) is 10.2. The number of halogens is 1. The van der Waals surface area contributed by atoms with Crippen LogP contribution in [0.1, 0.15) is 23.3 Å². The van der Waals surface area contributed by atoms with Gasteiger partial charge in [-0.2, -0.15) is 0 Å². The van der Waals surface area contributed by atoms with Gasteiger partial charge in [0.1, 0.15) is 12.0 Å². The van der Waals surface area contributed by atoms with Gasteiger partial charge in [0.25, 0.3) is 5.91 Å². The Morgan fingerprint density at radius 3 is 3.14 bits per heavy atom. The van der Waals surface area contributed by atoms with Gasteiger partial charge in [-0.25, -0.2) is 4.98 Å². The van der Waals surface area contributed by atoms with E-state index in [0.29, 0.717) is 5.69 Å². The Morgan fingerprint density at radius 2 is 2.29 bits per heavy atom. The standard InChI is InChI=1S/C15H17BrN4O/c16-14-2-1-12-6-13(17-9-20(12)14)15(21)18-11-5-10-3-4-19(7-10)8-11/h1-2,6,9-11H,3-5,7-8H2,(H,18,21)/t10-,11-/m1/s1. The van der Waals surface area contributed by atoms with Gasteiger partial charge in [0.05, 0.1) is 4.60 Å². The second-order valence-corrected chi connectivity index (χ2v) is 6.86. The molecule has 4 heterocycles. The topological polar surface area (TPSA) is 49.6 Å². The van der Waals surface area contributed by atoms with Crippen LogP contribution in [-0.4, -0.2) is 45.9 Å². The lowest BCUT2D eigenvalue weighted by molar-refractivity contribution is 0.0904. The van der Waals surface area contributed by atoms with Crippen LogP contribution >= 0.6 is 15.9 Å². The molecule has 0 saturated carbocycles. The highest BCUT2D eigenvalue weighted by atomic mass is 79.9. The number of piperidine rings is 1. The molecule has 2 aliphatic rings. The van der Waals surface area contributed by atoms with Gasteiger partial charge in [0, 0.05) is 24.6 Å². The summed E-state index contributed by atoms with van der Waals surface area (Å²) in [5.74, 6) is 0.684. The molecule has 2 aromatic heterocycles. The molecule has 2 fully saturated rings. The number of carbonyl (C=O) groups is 1. The highest BCUT2D eigenvalue weighted by Gasteiger charge is 2.33. The SMILES string of the molecule is O=C(N[C@@H]1C[C@H]2CCN(C2)C1)c1cc2ccc(Br)n2cn1. The lowest BCUT2D eigenvalue weighted by atomic mass is 9.97. The number of nitrogens with zero attached hydrogens (tertiary/aromatic N) is 3. The van der Waals surface area contributed by atoms with E-state index in [1.54, 1.807) is 6.33 Å². The summed E-state index contributed by atoms with van der Waals surface area (Å²) >= 11 is 3.45. The fourth-order valence-corrected chi connectivity index (χ4v) is 3.95. The van der Waals surface area contributed by atoms with E-state index in [1.165, 1.54) is 19.5 Å². The van der Waals surface area contributed by atoms with Crippen LogP contribution in [0.5, 0.6) is 0 Å². The number of fused-ring (bicyclic) bond motifs is 3. The molecule has 0 spiro atoms. The number of hydrogen-bond acceptors (Lipinski definition) is 3. The Bertz CT molecular complexity index is 686. The monoisotopic (exact) mass is 348 g/mol. The highest BCUT2D eigenvalue weighted by molar-refractivity contribution is 9.10. The minimum atomic E-state index is -0.0673. The molecule has 0 radical (unpaired) electrons. The second kappa shape index (κ2) is 5.10. The van der Waals surface area contributed by atoms with E-state index in [-0.39, 0.29) is 11.9 Å². The Hall–Kier alpha value is -1.40. The molecule has 5 nitrogen and oxygen atoms in total. The molecule has 3 atom stereocenters. The average Bonchev–Trinajstić information content (AvgIpc) is 3.02. The fraction of sp³-hybridized carbons (Fsp3) is 0.467. The fourth-order valence-electron chi connectivity index (χ4n) is 3.52. The number of amides is 1. The van der Waals surface area contributed by atoms with Gasteiger partial charge in [0.15, 0.2) is 0 Å². The summed E-state index contributed by atoms with van der Waals surface area (Å²) in [4.78, 5) is 19.1. The molecule has 21 heavy (non-hydrogen) atoms. The van der Waals surface area contributed by atoms with Crippen molar-refractivity contribution in [3.05, 3.63) is 34.8 Å². The number of hydrogen-bond donors (Lipinski definition) is 1. The van der Waals surface area contributed by atoms with E-state index in [0.717, 1.165) is 29.0 Å². The minimum Gasteiger partial charge on any atom is -0.347 e. The van der Waals surface area contributed by atoms with E-state index >= 15 is 0 Å². The molecule has 0 aliphatic carbocycles. The predicted molar refractivity (Wildman–Crippen MR) is 83.3 cm³/mol. The Labute approximate surface area is 131 Å². The summed E-state index contributed by atoms with van der Waals surface area (Å²) in [5.41, 5.74) is 1.45. The summed E-state index contributed by atoms with van der Waals surface area (Å²) < 4.78 is 2.84. The molecule has 1 unspecified atom stereocenters. The van der Waals surface area contributed by atoms with Crippen LogP contribution in [0, 0.1) is 5.92 Å². The molecular formula is C15H17BrN4O. The van der Waals surface area contributed by atoms with E-state index in [4.69, 9.17) is 0 Å². The van der Waals surface area contributed by atoms with Crippen LogP contribution in [0.2, 0.25) is 0 Å². The van der Waals surface area contributed by atoms with Crippen molar-refractivity contribution < 1.29 is 4.79 Å². The highest BCUT2D eigenvalue weighted by Crippen LogP contribution is 2.26. The number of carbonyl (C=O) groups excluding carboxylic acids is 1. The van der Waals surface area contributed by atoms with Crippen LogP contribution in [0.15, 0.2) is 29.1 Å². The molecule has 2 bridgehead atoms. The molecule has 0 aromatic carbocycles. The summed E-state index contributed by atoms with van der Waals surface area (Å²) in [6.45, 7) is 3.36. The summed E-state index contributed by atoms with van der Waals surface area (Å²) in [5, 5.41) is 3.14. The second-order valence-electron chi connectivity index (χ2n) is 6.05. The van der Waals surface area contributed by atoms with Crippen LogP contribution in [-0.2, 0) is 0 Å². The first kappa shape index (κ1) is 13.3. The van der Waals surface area contributed by atoms with Crippen molar-refractivity contribution in [1.29, 1.82) is 0 Å². The molecule has 6 heteroatoms. The molecule has 2 saturated heterocycles. The van der Waals surface area contributed by atoms with Gasteiger partial charge >= 0.3 is 0 Å². The predicted octanol–water partition coefficient (Wildman–Crippen LogP) is 1.92. The van der Waals surface area contributed by atoms with Crippen molar-refractivity contribution in [2.24, 2.45) is 5.92 Å². The van der Waals surface area contributed by atoms with Crippen LogP contribution in [0.3, 0.4) is 0 Å². The maximum absolute atomic E-state index is 12.4. The Kier molecular flexibility index (Phi) is 3.23. The van der Waals surface area contributed by atoms with Crippen molar-refractivity contribution in [2.75, 3.05) is 19.6 Å². The molecule has 2 aromatic rings. The molecule has 1 amide bonds. The first-order valence-corrected chi connectivity index (χ1v) is 8.14. The summed E-state index contributed by atoms with van der Waals surface area (Å²) in [7, 11) is 0. The maximum Gasteiger partial charge on any atom is 0.270 e. The van der Waals surface area contributed by atoms with Crippen molar-refractivity contribution in [2.45, 2.75) is 18.9 Å². The zero-order valence-electron chi connectivity index (χ0n) is 11.6. The van der Waals surface area contributed by atoms with Crippen molar-refractivity contribution in [3.63, 3.8) is 0 Å². The van der Waals surface area contributed by atoms with Gasteiger partial charge in [-0.1, -0.05) is 0 Å². The zero-order valence-corrected chi connectivity index (χ0v) is 13.2. The molecule has 4 rings (SSSR count). The molecule has 2 aliphatic heterocycles. The Morgan fingerprint density at radius 1 is 1.38 bits per heavy atom. The third-order valence-electron chi connectivity index (χ3n) is 4.53. The zero-order chi connectivity index (χ0) is 14.4. The van der Waals surface area contributed by atoms with Gasteiger partial charge < -0.3 is 10.2 Å². The third-order valence-corrected chi connectivity index (χ3v) is 5.18. The van der Waals surface area contributed by atoms with Gasteiger partial charge in [-0.05, 0) is 59.4 Å². The largest absolute Gasteiger partial charge is 0.347 e. The third kappa shape index (κ3) is 2.46. The minimum absolute atomic E-state index is 0.0673. The van der Waals surface area contributed by atoms with E-state index in [2.05, 4.69) is 31.1 Å². The van der Waals surface area contributed by atoms with Crippen LogP contribution in [0.25, 0.3) is 5.52 Å². The Balaban J connectivity index is 1.50. The van der Waals surface area contributed by atoms with E-state index in [1.807, 2.05) is 22.6 Å². The van der Waals surface area contributed by atoms with E-state index < -0.39 is 0 Å². The molecule has 1 N–H and O–H groups in total. The van der Waals surface area contributed by atoms with Crippen molar-refractivity contribution in [3.8, 4) is 0 Å². The van der Waals surface area contributed by atoms with Crippen LogP contribution < -0.4 is 5.32 Å². The van der Waals surface area contributed by atoms with Crippen molar-refractivity contribution >= 4 is 27.4 Å². The van der Waals surface area contributed by atoms with Gasteiger partial charge in [-0.15, -0.1) is 0 Å². The van der Waals surface area contributed by atoms with E-state index in [9.17, 15) is 4.79 Å². The summed E-state index contributed by atoms with van der Waals surface area (Å²) in [6.07, 6.45) is 4.05. The first-order valence-electron chi connectivity index (χ1n) is 7.35. The molecule has 110 valence electrons. The lowest BCUT2D eigenvalue weighted by Gasteiger charge is -2.30. The normalized spacial score (nSPS) is 28.0. The summed E-state index contributed by atoms with van der Waals surface area (Å²) in [6, 6.07) is 6.01. The maximum atomic E-state index is 12.4. The van der Waals surface area contributed by atoms with Gasteiger partial charge in [0.2, 0.25) is 0 Å².